The van der Waals surface area contributed by atoms with Gasteiger partial charge in [-0.05, 0) is 70.4 Å². The molecule has 26 heavy (non-hydrogen) atoms. The number of aryl methyl sites for hydroxylation is 1. The molecule has 0 aliphatic heterocycles. The number of ether oxygens (including phenoxy) is 1. The predicted molar refractivity (Wildman–Crippen MR) is 104 cm³/mol. The van der Waals surface area contributed by atoms with Gasteiger partial charge in [0.05, 0.1) is 11.4 Å². The van der Waals surface area contributed by atoms with E-state index in [2.05, 4.69) is 27.5 Å². The number of carbonyl (C=O) groups is 1. The minimum atomic E-state index is -0.483. The maximum Gasteiger partial charge on any atom is 0.407 e. The van der Waals surface area contributed by atoms with E-state index in [0.29, 0.717) is 23.7 Å². The zero-order valence-corrected chi connectivity index (χ0v) is 17.0. The Hall–Kier alpha value is -1.76. The van der Waals surface area contributed by atoms with Gasteiger partial charge in [-0.1, -0.05) is 6.92 Å². The Balaban J connectivity index is 1.85. The lowest BCUT2D eigenvalue weighted by Crippen LogP contribution is -2.42. The second-order valence-corrected chi connectivity index (χ2v) is 8.76. The quantitative estimate of drug-likeness (QED) is 0.681. The number of halogens is 1. The van der Waals surface area contributed by atoms with Crippen molar-refractivity contribution in [3.63, 3.8) is 0 Å². The number of carbonyl (C=O) groups excluding carboxylic acids is 1. The van der Waals surface area contributed by atoms with Crippen LogP contribution >= 0.6 is 11.6 Å². The van der Waals surface area contributed by atoms with Gasteiger partial charge in [-0.2, -0.15) is 4.98 Å². The second-order valence-electron chi connectivity index (χ2n) is 8.43. The Bertz CT molecular complexity index is 652. The van der Waals surface area contributed by atoms with Crippen LogP contribution in [0.15, 0.2) is 0 Å². The molecule has 0 bridgehead atoms. The summed E-state index contributed by atoms with van der Waals surface area (Å²) in [5, 5.41) is 6.49. The van der Waals surface area contributed by atoms with E-state index in [9.17, 15) is 4.79 Å². The fraction of sp³-hybridized carbons (Fsp3) is 0.722. The Morgan fingerprint density at radius 3 is 2.54 bits per heavy atom. The smallest absolute Gasteiger partial charge is 0.407 e. The highest BCUT2D eigenvalue weighted by molar-refractivity contribution is 6.28. The molecule has 1 amide bonds. The molecule has 1 aromatic rings. The molecule has 1 heterocycles. The molecule has 146 valence electrons. The van der Waals surface area contributed by atoms with E-state index in [4.69, 9.17) is 22.1 Å². The van der Waals surface area contributed by atoms with Gasteiger partial charge in [0.2, 0.25) is 5.28 Å². The SMILES string of the molecule is Cc1nc(Cl)nc(NC2CCC(C)(CNC(=O)OC(C)(C)C)CC2)c1N. The van der Waals surface area contributed by atoms with E-state index in [1.807, 2.05) is 27.7 Å². The summed E-state index contributed by atoms with van der Waals surface area (Å²) in [5.41, 5.74) is 6.83. The molecule has 0 unspecified atom stereocenters. The molecule has 2 rings (SSSR count). The van der Waals surface area contributed by atoms with Crippen LogP contribution in [0.4, 0.5) is 16.3 Å². The molecule has 4 N–H and O–H groups in total. The number of aromatic nitrogens is 2. The van der Waals surface area contributed by atoms with E-state index >= 15 is 0 Å². The molecule has 1 saturated carbocycles. The van der Waals surface area contributed by atoms with Crippen LogP contribution in [0, 0.1) is 12.3 Å². The number of amides is 1. The number of nitrogens with zero attached hydrogens (tertiary/aromatic N) is 2. The lowest BCUT2D eigenvalue weighted by molar-refractivity contribution is 0.0489. The van der Waals surface area contributed by atoms with E-state index < -0.39 is 5.60 Å². The molecule has 0 saturated heterocycles. The van der Waals surface area contributed by atoms with Crippen LogP contribution in [0.2, 0.25) is 5.28 Å². The summed E-state index contributed by atoms with van der Waals surface area (Å²) in [6.45, 7) is 10.2. The lowest BCUT2D eigenvalue weighted by Gasteiger charge is -2.38. The molecular formula is C18H30ClN5O2. The largest absolute Gasteiger partial charge is 0.444 e. The minimum Gasteiger partial charge on any atom is -0.444 e. The number of nitrogens with two attached hydrogens (primary N) is 1. The monoisotopic (exact) mass is 383 g/mol. The van der Waals surface area contributed by atoms with Crippen LogP contribution in [0.1, 0.15) is 59.1 Å². The van der Waals surface area contributed by atoms with Gasteiger partial charge in [0, 0.05) is 12.6 Å². The van der Waals surface area contributed by atoms with E-state index in [-0.39, 0.29) is 22.8 Å². The molecule has 0 aromatic carbocycles. The zero-order chi connectivity index (χ0) is 19.5. The third-order valence-electron chi connectivity index (χ3n) is 4.70. The van der Waals surface area contributed by atoms with E-state index in [0.717, 1.165) is 25.7 Å². The average Bonchev–Trinajstić information content (AvgIpc) is 2.51. The van der Waals surface area contributed by atoms with Crippen molar-refractivity contribution in [1.29, 1.82) is 0 Å². The van der Waals surface area contributed by atoms with Crippen molar-refractivity contribution in [3.05, 3.63) is 11.0 Å². The maximum atomic E-state index is 11.9. The van der Waals surface area contributed by atoms with Gasteiger partial charge in [0.15, 0.2) is 5.82 Å². The van der Waals surface area contributed by atoms with Gasteiger partial charge >= 0.3 is 6.09 Å². The average molecular weight is 384 g/mol. The molecule has 7 nitrogen and oxygen atoms in total. The molecule has 1 aliphatic carbocycles. The summed E-state index contributed by atoms with van der Waals surface area (Å²) in [5.74, 6) is 0.600. The molecule has 8 heteroatoms. The summed E-state index contributed by atoms with van der Waals surface area (Å²) < 4.78 is 5.31. The normalized spacial score (nSPS) is 23.4. The van der Waals surface area contributed by atoms with Crippen molar-refractivity contribution in [3.8, 4) is 0 Å². The van der Waals surface area contributed by atoms with Crippen molar-refractivity contribution >= 4 is 29.2 Å². The Labute approximate surface area is 160 Å². The number of anilines is 2. The molecular weight excluding hydrogens is 354 g/mol. The number of rotatable bonds is 4. The first kappa shape index (κ1) is 20.6. The van der Waals surface area contributed by atoms with Crippen LogP contribution in [0.3, 0.4) is 0 Å². The highest BCUT2D eigenvalue weighted by atomic mass is 35.5. The van der Waals surface area contributed by atoms with Crippen molar-refractivity contribution in [1.82, 2.24) is 15.3 Å². The number of nitrogens with one attached hydrogen (secondary N) is 2. The first-order chi connectivity index (χ1) is 12.0. The van der Waals surface area contributed by atoms with Gasteiger partial charge in [-0.25, -0.2) is 9.78 Å². The predicted octanol–water partition coefficient (Wildman–Crippen LogP) is 3.91. The van der Waals surface area contributed by atoms with Crippen LogP contribution in [0.5, 0.6) is 0 Å². The first-order valence-corrected chi connectivity index (χ1v) is 9.38. The van der Waals surface area contributed by atoms with Crippen molar-refractivity contribution in [2.75, 3.05) is 17.6 Å². The van der Waals surface area contributed by atoms with Crippen molar-refractivity contribution < 1.29 is 9.53 Å². The summed E-state index contributed by atoms with van der Waals surface area (Å²) in [6, 6.07) is 0.275. The number of nitrogen functional groups attached to an aromatic ring is 1. The Morgan fingerprint density at radius 1 is 1.35 bits per heavy atom. The highest BCUT2D eigenvalue weighted by Crippen LogP contribution is 2.37. The highest BCUT2D eigenvalue weighted by Gasteiger charge is 2.32. The second kappa shape index (κ2) is 7.86. The standard InChI is InChI=1S/C18H30ClN5O2/c1-11-13(20)14(24-15(19)22-11)23-12-6-8-18(5,9-7-12)10-21-16(25)26-17(2,3)4/h12H,6-10,20H2,1-5H3,(H,21,25)(H,22,23,24). The number of alkyl carbamates (subject to hydrolysis) is 1. The lowest BCUT2D eigenvalue weighted by atomic mass is 9.74. The molecule has 0 radical (unpaired) electrons. The number of hydrogen-bond donors (Lipinski definition) is 3. The zero-order valence-electron chi connectivity index (χ0n) is 16.3. The number of hydrogen-bond acceptors (Lipinski definition) is 6. The van der Waals surface area contributed by atoms with Crippen LogP contribution < -0.4 is 16.4 Å². The fourth-order valence-electron chi connectivity index (χ4n) is 3.09. The molecule has 0 spiro atoms. The summed E-state index contributed by atoms with van der Waals surface area (Å²) >= 11 is 5.93. The molecule has 1 fully saturated rings. The van der Waals surface area contributed by atoms with Gasteiger partial charge in [-0.3, -0.25) is 0 Å². The third-order valence-corrected chi connectivity index (χ3v) is 4.87. The topological polar surface area (TPSA) is 102 Å². The minimum absolute atomic E-state index is 0.0554. The van der Waals surface area contributed by atoms with Crippen LogP contribution in [-0.4, -0.2) is 34.2 Å². The van der Waals surface area contributed by atoms with Gasteiger partial charge in [0.25, 0.3) is 0 Å². The molecule has 0 atom stereocenters. The van der Waals surface area contributed by atoms with E-state index in [1.165, 1.54) is 0 Å². The van der Waals surface area contributed by atoms with Crippen molar-refractivity contribution in [2.45, 2.75) is 71.9 Å². The van der Waals surface area contributed by atoms with Gasteiger partial charge in [0.1, 0.15) is 5.60 Å². The van der Waals surface area contributed by atoms with Gasteiger partial charge in [-0.15, -0.1) is 0 Å². The summed E-state index contributed by atoms with van der Waals surface area (Å²) in [6.07, 6.45) is 3.54. The molecule has 1 aromatic heterocycles. The molecule has 1 aliphatic rings. The summed E-state index contributed by atoms with van der Waals surface area (Å²) in [4.78, 5) is 20.1. The first-order valence-electron chi connectivity index (χ1n) is 9.00. The van der Waals surface area contributed by atoms with Gasteiger partial charge < -0.3 is 21.1 Å². The third kappa shape index (κ3) is 5.90. The fourth-order valence-corrected chi connectivity index (χ4v) is 3.30. The van der Waals surface area contributed by atoms with E-state index in [1.54, 1.807) is 0 Å². The van der Waals surface area contributed by atoms with Crippen LogP contribution in [-0.2, 0) is 4.74 Å². The Morgan fingerprint density at radius 2 is 1.96 bits per heavy atom. The van der Waals surface area contributed by atoms with Crippen molar-refractivity contribution in [2.24, 2.45) is 5.41 Å². The maximum absolute atomic E-state index is 11.9. The van der Waals surface area contributed by atoms with Crippen LogP contribution in [0.25, 0.3) is 0 Å². The summed E-state index contributed by atoms with van der Waals surface area (Å²) in [7, 11) is 0. The Kier molecular flexibility index (Phi) is 6.21.